The van der Waals surface area contributed by atoms with Crippen LogP contribution in [0.2, 0.25) is 5.02 Å². The molecule has 2 aromatic carbocycles. The van der Waals surface area contributed by atoms with Gasteiger partial charge in [-0.05, 0) is 53.5 Å². The molecule has 2 N–H and O–H groups in total. The van der Waals surface area contributed by atoms with Crippen LogP contribution in [-0.2, 0) is 5.54 Å². The van der Waals surface area contributed by atoms with E-state index >= 15 is 0 Å². The second-order valence-electron chi connectivity index (χ2n) is 12.2. The third-order valence-electron chi connectivity index (χ3n) is 7.76. The van der Waals surface area contributed by atoms with Crippen LogP contribution in [0.3, 0.4) is 0 Å². The number of benzene rings is 2. The highest BCUT2D eigenvalue weighted by molar-refractivity contribution is 6.35. The van der Waals surface area contributed by atoms with E-state index in [2.05, 4.69) is 57.8 Å². The molecule has 44 heavy (non-hydrogen) atoms. The van der Waals surface area contributed by atoms with Crippen LogP contribution in [0, 0.1) is 22.6 Å². The first-order valence-corrected chi connectivity index (χ1v) is 14.2. The minimum atomic E-state index is -4.50. The Morgan fingerprint density at radius 3 is 2.55 bits per heavy atom. The highest BCUT2D eigenvalue weighted by Gasteiger charge is 2.66. The van der Waals surface area contributed by atoms with Crippen molar-refractivity contribution in [3.63, 3.8) is 0 Å². The van der Waals surface area contributed by atoms with Crippen LogP contribution in [0.15, 0.2) is 55.1 Å². The summed E-state index contributed by atoms with van der Waals surface area (Å²) in [5.74, 6) is -0.494. The average molecular weight is 623 g/mol. The van der Waals surface area contributed by atoms with Gasteiger partial charge in [0.1, 0.15) is 17.6 Å². The average Bonchev–Trinajstić information content (AvgIpc) is 3.66. The van der Waals surface area contributed by atoms with E-state index in [1.807, 2.05) is 0 Å². The monoisotopic (exact) mass is 622 g/mol. The first-order chi connectivity index (χ1) is 20.8. The van der Waals surface area contributed by atoms with E-state index in [-0.39, 0.29) is 34.4 Å². The number of hydrogen-bond acceptors (Lipinski definition) is 7. The van der Waals surface area contributed by atoms with Gasteiger partial charge in [-0.15, -0.1) is 5.10 Å². The fourth-order valence-corrected chi connectivity index (χ4v) is 5.53. The van der Waals surface area contributed by atoms with Crippen LogP contribution < -0.4 is 10.6 Å². The highest BCUT2D eigenvalue weighted by atomic mass is 35.5. The van der Waals surface area contributed by atoms with Gasteiger partial charge in [-0.2, -0.15) is 18.4 Å². The molecule has 1 aliphatic rings. The Morgan fingerprint density at radius 2 is 1.86 bits per heavy atom. The fraction of sp³-hybridized carbons (Fsp3) is 0.323. The third kappa shape index (κ3) is 5.26. The van der Waals surface area contributed by atoms with Crippen molar-refractivity contribution in [3.05, 3.63) is 82.8 Å². The number of pyridine rings is 2. The summed E-state index contributed by atoms with van der Waals surface area (Å²) < 4.78 is 57.5. The van der Waals surface area contributed by atoms with Crippen molar-refractivity contribution in [3.8, 4) is 6.07 Å². The zero-order chi connectivity index (χ0) is 31.4. The molecule has 6 rings (SSSR count). The van der Waals surface area contributed by atoms with Gasteiger partial charge in [0.05, 0.1) is 34.0 Å². The van der Waals surface area contributed by atoms with Gasteiger partial charge in [-0.25, -0.2) is 9.07 Å². The second kappa shape index (κ2) is 10.6. The van der Waals surface area contributed by atoms with Gasteiger partial charge in [0.15, 0.2) is 5.54 Å². The number of rotatable bonds is 7. The van der Waals surface area contributed by atoms with E-state index in [0.29, 0.717) is 45.3 Å². The molecule has 1 saturated carbocycles. The van der Waals surface area contributed by atoms with Gasteiger partial charge in [0.2, 0.25) is 0 Å². The van der Waals surface area contributed by atoms with Crippen molar-refractivity contribution in [2.24, 2.45) is 5.41 Å². The number of halogens is 5. The van der Waals surface area contributed by atoms with Crippen molar-refractivity contribution < 1.29 is 17.6 Å². The maximum Gasteiger partial charge on any atom is 0.413 e. The predicted molar refractivity (Wildman–Crippen MR) is 160 cm³/mol. The van der Waals surface area contributed by atoms with Gasteiger partial charge < -0.3 is 10.6 Å². The Hall–Kier alpha value is -4.50. The Morgan fingerprint density at radius 1 is 1.09 bits per heavy atom. The Balaban J connectivity index is 1.50. The minimum Gasteiger partial charge on any atom is -0.383 e. The van der Waals surface area contributed by atoms with Crippen molar-refractivity contribution in [2.45, 2.75) is 51.4 Å². The van der Waals surface area contributed by atoms with Crippen LogP contribution in [0.4, 0.5) is 28.9 Å². The molecular formula is C31H27ClF4N8. The van der Waals surface area contributed by atoms with Gasteiger partial charge >= 0.3 is 6.18 Å². The normalized spacial score (nSPS) is 15.2. The Labute approximate surface area is 255 Å². The number of anilines is 2. The summed E-state index contributed by atoms with van der Waals surface area (Å²) in [4.78, 5) is 8.43. The molecule has 8 nitrogen and oxygen atoms in total. The highest BCUT2D eigenvalue weighted by Crippen LogP contribution is 2.55. The first-order valence-electron chi connectivity index (χ1n) is 13.9. The van der Waals surface area contributed by atoms with E-state index in [1.165, 1.54) is 30.9 Å². The number of nitrogens with one attached hydrogen (secondary N) is 2. The molecular weight excluding hydrogens is 596 g/mol. The predicted octanol–water partition coefficient (Wildman–Crippen LogP) is 7.75. The maximum absolute atomic E-state index is 14.8. The number of aromatic nitrogens is 5. The molecule has 3 heterocycles. The smallest absolute Gasteiger partial charge is 0.383 e. The van der Waals surface area contributed by atoms with Crippen LogP contribution in [0.1, 0.15) is 56.5 Å². The lowest BCUT2D eigenvalue weighted by Gasteiger charge is -2.23. The molecule has 226 valence electrons. The summed E-state index contributed by atoms with van der Waals surface area (Å²) >= 11 is 6.71. The third-order valence-corrected chi connectivity index (χ3v) is 8.05. The molecule has 0 bridgehead atoms. The molecule has 0 radical (unpaired) electrons. The molecule has 1 aliphatic carbocycles. The first kappa shape index (κ1) is 29.6. The lowest BCUT2D eigenvalue weighted by Crippen LogP contribution is -2.35. The molecule has 0 amide bonds. The number of hydrogen-bond donors (Lipinski definition) is 2. The van der Waals surface area contributed by atoms with E-state index < -0.39 is 23.6 Å². The molecule has 0 unspecified atom stereocenters. The van der Waals surface area contributed by atoms with Crippen LogP contribution in [0.25, 0.3) is 21.7 Å². The summed E-state index contributed by atoms with van der Waals surface area (Å²) in [7, 11) is 0. The summed E-state index contributed by atoms with van der Waals surface area (Å²) in [6, 6.07) is 9.18. The summed E-state index contributed by atoms with van der Waals surface area (Å²) in [6.45, 7) is 6.72. The molecule has 1 fully saturated rings. The van der Waals surface area contributed by atoms with Crippen molar-refractivity contribution in [2.75, 3.05) is 17.2 Å². The standard InChI is InChI=1S/C31H27ClF4N8/c1-29(2,3)16-40-26-17(12-37)13-39-27-21(26)10-18(11-23(27)32)41-28(20-4-5-24(33)22-14-38-9-6-19(20)22)25-15-44(43-42-25)30(7-8-30)31(34,35)36/h4-6,9-11,13-15,28,41H,7-8,16H2,1-3H3,(H,39,40)/t28-/m0/s1. The molecule has 0 saturated heterocycles. The minimum absolute atomic E-state index is 0.0958. The molecule has 13 heteroatoms. The van der Waals surface area contributed by atoms with Crippen LogP contribution in [-0.4, -0.2) is 37.7 Å². The lowest BCUT2D eigenvalue weighted by molar-refractivity contribution is -0.182. The van der Waals surface area contributed by atoms with Crippen molar-refractivity contribution >= 4 is 44.7 Å². The molecule has 0 spiro atoms. The van der Waals surface area contributed by atoms with Crippen LogP contribution in [0.5, 0.6) is 0 Å². The largest absolute Gasteiger partial charge is 0.413 e. The topological polar surface area (TPSA) is 104 Å². The Kier molecular flexibility index (Phi) is 7.12. The molecule has 3 aromatic heterocycles. The Bertz CT molecular complexity index is 1940. The number of nitrogens with zero attached hydrogens (tertiary/aromatic N) is 6. The number of fused-ring (bicyclic) bond motifs is 2. The van der Waals surface area contributed by atoms with E-state index in [1.54, 1.807) is 24.3 Å². The van der Waals surface area contributed by atoms with Gasteiger partial charge in [-0.1, -0.05) is 43.7 Å². The molecule has 0 aliphatic heterocycles. The van der Waals surface area contributed by atoms with E-state index in [0.717, 1.165) is 4.68 Å². The summed E-state index contributed by atoms with van der Waals surface area (Å²) in [5, 5.41) is 26.2. The van der Waals surface area contributed by atoms with Gasteiger partial charge in [0.25, 0.3) is 0 Å². The molecule has 1 atom stereocenters. The SMILES string of the molecule is CC(C)(C)CNc1c(C#N)cnc2c(Cl)cc(N[C@H](c3cn(C4(C(F)(F)F)CC4)nn3)c3ccc(F)c4cnccc34)cc12. The van der Waals surface area contributed by atoms with E-state index in [9.17, 15) is 22.8 Å². The van der Waals surface area contributed by atoms with Gasteiger partial charge in [0, 0.05) is 41.6 Å². The second-order valence-corrected chi connectivity index (χ2v) is 12.6. The zero-order valence-electron chi connectivity index (χ0n) is 24.0. The van der Waals surface area contributed by atoms with E-state index in [4.69, 9.17) is 11.6 Å². The number of alkyl halides is 3. The molecule has 5 aromatic rings. The van der Waals surface area contributed by atoms with Crippen LogP contribution >= 0.6 is 11.6 Å². The summed E-state index contributed by atoms with van der Waals surface area (Å²) in [6.07, 6.45) is 0.951. The number of nitriles is 1. The quantitative estimate of drug-likeness (QED) is 0.179. The lowest BCUT2D eigenvalue weighted by atomic mass is 9.96. The summed E-state index contributed by atoms with van der Waals surface area (Å²) in [5.41, 5.74) is 0.350. The fourth-order valence-electron chi connectivity index (χ4n) is 5.26. The maximum atomic E-state index is 14.8. The van der Waals surface area contributed by atoms with Gasteiger partial charge in [-0.3, -0.25) is 9.97 Å². The van der Waals surface area contributed by atoms with Crippen molar-refractivity contribution in [1.29, 1.82) is 5.26 Å². The van der Waals surface area contributed by atoms with Crippen molar-refractivity contribution in [1.82, 2.24) is 25.0 Å². The zero-order valence-corrected chi connectivity index (χ0v) is 24.7.